The van der Waals surface area contributed by atoms with E-state index in [0.29, 0.717) is 36.8 Å². The Morgan fingerprint density at radius 1 is 1.09 bits per heavy atom. The smallest absolute Gasteiger partial charge is 0.259 e. The van der Waals surface area contributed by atoms with Gasteiger partial charge in [0.05, 0.1) is 13.2 Å². The predicted molar refractivity (Wildman–Crippen MR) is 121 cm³/mol. The van der Waals surface area contributed by atoms with Crippen molar-refractivity contribution in [3.05, 3.63) is 54.1 Å². The second-order valence-electron chi connectivity index (χ2n) is 7.73. The third-order valence-electron chi connectivity index (χ3n) is 5.57. The number of anilines is 3. The van der Waals surface area contributed by atoms with E-state index in [4.69, 9.17) is 15.2 Å². The molecule has 4 rings (SSSR count). The maximum atomic E-state index is 13.1. The number of benzene rings is 2. The molecule has 0 spiro atoms. The molecule has 2 fully saturated rings. The Morgan fingerprint density at radius 3 is 2.48 bits per heavy atom. The molecular weight excluding hydrogens is 428 g/mol. The predicted octanol–water partition coefficient (Wildman–Crippen LogP) is 0.240. The van der Waals surface area contributed by atoms with Crippen molar-refractivity contribution in [3.8, 4) is 0 Å². The highest BCUT2D eigenvalue weighted by Crippen LogP contribution is 2.26. The highest BCUT2D eigenvalue weighted by atomic mass is 16.5. The molecule has 1 unspecified atom stereocenters. The van der Waals surface area contributed by atoms with Crippen LogP contribution in [0, 0.1) is 0 Å². The second-order valence-corrected chi connectivity index (χ2v) is 7.73. The second kappa shape index (κ2) is 10.1. The third kappa shape index (κ3) is 5.04. The van der Waals surface area contributed by atoms with Crippen LogP contribution in [0.1, 0.15) is 5.56 Å². The van der Waals surface area contributed by atoms with Gasteiger partial charge in [0.1, 0.15) is 6.61 Å². The quantitative estimate of drug-likeness (QED) is 0.569. The molecule has 0 radical (unpaired) electrons. The minimum atomic E-state index is -1.70. The zero-order valence-corrected chi connectivity index (χ0v) is 18.0. The largest absolute Gasteiger partial charge is 0.380 e. The summed E-state index contributed by atoms with van der Waals surface area (Å²) in [6, 6.07) is 13.9. The van der Waals surface area contributed by atoms with Gasteiger partial charge in [0.25, 0.3) is 17.7 Å². The number of aliphatic hydroxyl groups is 1. The first-order valence-corrected chi connectivity index (χ1v) is 10.7. The van der Waals surface area contributed by atoms with Gasteiger partial charge in [-0.3, -0.25) is 14.4 Å². The van der Waals surface area contributed by atoms with Gasteiger partial charge in [-0.1, -0.05) is 18.2 Å². The number of carbonyl (C=O) groups is 3. The Bertz CT molecular complexity index is 1030. The highest BCUT2D eigenvalue weighted by Gasteiger charge is 2.39. The summed E-state index contributed by atoms with van der Waals surface area (Å²) < 4.78 is 10.6. The molecule has 0 saturated carbocycles. The van der Waals surface area contributed by atoms with Crippen LogP contribution >= 0.6 is 0 Å². The molecule has 0 bridgehead atoms. The van der Waals surface area contributed by atoms with Crippen molar-refractivity contribution in [2.75, 3.05) is 48.0 Å². The topological polar surface area (TPSA) is 134 Å². The third-order valence-corrected chi connectivity index (χ3v) is 5.57. The number of carbonyl (C=O) groups excluding carboxylic acids is 3. The summed E-state index contributed by atoms with van der Waals surface area (Å²) >= 11 is 0. The van der Waals surface area contributed by atoms with E-state index in [-0.39, 0.29) is 25.7 Å². The van der Waals surface area contributed by atoms with Crippen LogP contribution in [-0.4, -0.2) is 67.9 Å². The molecule has 2 heterocycles. The summed E-state index contributed by atoms with van der Waals surface area (Å²) in [5.74, 6) is -1.44. The summed E-state index contributed by atoms with van der Waals surface area (Å²) in [7, 11) is 0. The van der Waals surface area contributed by atoms with Gasteiger partial charge in [0.15, 0.2) is 12.2 Å². The van der Waals surface area contributed by atoms with E-state index in [2.05, 4.69) is 5.32 Å². The lowest BCUT2D eigenvalue weighted by molar-refractivity contribution is -0.150. The average molecular weight is 454 g/mol. The number of morpholine rings is 2. The normalized spacial score (nSPS) is 20.0. The monoisotopic (exact) mass is 454 g/mol. The molecule has 33 heavy (non-hydrogen) atoms. The molecule has 2 aromatic rings. The molecule has 2 aromatic carbocycles. The number of hydrogen-bond donors (Lipinski definition) is 3. The molecule has 0 aliphatic carbocycles. The number of rotatable bonds is 6. The molecule has 2 atom stereocenters. The van der Waals surface area contributed by atoms with E-state index in [1.807, 2.05) is 0 Å². The van der Waals surface area contributed by atoms with Gasteiger partial charge in [0, 0.05) is 36.7 Å². The van der Waals surface area contributed by atoms with Crippen LogP contribution in [-0.2, 0) is 30.4 Å². The molecule has 10 heteroatoms. The summed E-state index contributed by atoms with van der Waals surface area (Å²) in [4.78, 5) is 40.9. The van der Waals surface area contributed by atoms with Crippen molar-refractivity contribution >= 4 is 34.8 Å². The molecule has 10 nitrogen and oxygen atoms in total. The Kier molecular flexibility index (Phi) is 6.99. The zero-order valence-electron chi connectivity index (χ0n) is 18.0. The molecule has 2 aliphatic rings. The number of aliphatic hydroxyl groups excluding tert-OH is 1. The Hall–Kier alpha value is -3.31. The average Bonchev–Trinajstić information content (AvgIpc) is 2.84. The Labute approximate surface area is 190 Å². The number of nitrogens with one attached hydrogen (secondary N) is 1. The minimum absolute atomic E-state index is 0.0129. The van der Waals surface area contributed by atoms with Gasteiger partial charge in [-0.25, -0.2) is 0 Å². The first-order chi connectivity index (χ1) is 16.0. The van der Waals surface area contributed by atoms with Crippen LogP contribution in [0.2, 0.25) is 0 Å². The molecule has 2 aliphatic heterocycles. The van der Waals surface area contributed by atoms with Crippen molar-refractivity contribution in [2.45, 2.75) is 18.8 Å². The van der Waals surface area contributed by atoms with Gasteiger partial charge >= 0.3 is 0 Å². The van der Waals surface area contributed by atoms with Gasteiger partial charge < -0.3 is 35.4 Å². The fourth-order valence-electron chi connectivity index (χ4n) is 3.79. The van der Waals surface area contributed by atoms with E-state index < -0.39 is 24.0 Å². The van der Waals surface area contributed by atoms with Crippen molar-refractivity contribution in [1.82, 2.24) is 0 Å². The molecule has 174 valence electrons. The van der Waals surface area contributed by atoms with Crippen LogP contribution < -0.4 is 20.9 Å². The van der Waals surface area contributed by atoms with Crippen LogP contribution in [0.3, 0.4) is 0 Å². The summed E-state index contributed by atoms with van der Waals surface area (Å²) in [6.45, 7) is 1.65. The molecular formula is C23H26N4O6. The Morgan fingerprint density at radius 2 is 1.79 bits per heavy atom. The SMILES string of the molecule is NCc1ccc(NC(=O)C(O)[C@H]2OCCN(c3cccc(N4CCOCC4=O)c3)C2=O)cc1. The van der Waals surface area contributed by atoms with Crippen LogP contribution in [0.5, 0.6) is 0 Å². The summed E-state index contributed by atoms with van der Waals surface area (Å²) in [5.41, 5.74) is 8.14. The lowest BCUT2D eigenvalue weighted by Gasteiger charge is -2.35. The lowest BCUT2D eigenvalue weighted by atomic mass is 10.1. The number of amides is 3. The highest BCUT2D eigenvalue weighted by molar-refractivity contribution is 6.04. The van der Waals surface area contributed by atoms with E-state index >= 15 is 0 Å². The summed E-state index contributed by atoms with van der Waals surface area (Å²) in [6.07, 6.45) is -3.05. The van der Waals surface area contributed by atoms with E-state index in [1.54, 1.807) is 53.4 Å². The summed E-state index contributed by atoms with van der Waals surface area (Å²) in [5, 5.41) is 13.1. The van der Waals surface area contributed by atoms with E-state index in [1.165, 1.54) is 4.90 Å². The van der Waals surface area contributed by atoms with Gasteiger partial charge in [0.2, 0.25) is 0 Å². The number of nitrogens with zero attached hydrogens (tertiary/aromatic N) is 2. The van der Waals surface area contributed by atoms with E-state index in [9.17, 15) is 19.5 Å². The molecule has 4 N–H and O–H groups in total. The number of nitrogens with two attached hydrogens (primary N) is 1. The zero-order chi connectivity index (χ0) is 23.4. The number of hydrogen-bond acceptors (Lipinski definition) is 7. The van der Waals surface area contributed by atoms with Crippen molar-refractivity contribution < 1.29 is 29.0 Å². The van der Waals surface area contributed by atoms with Crippen molar-refractivity contribution in [3.63, 3.8) is 0 Å². The Balaban J connectivity index is 1.46. The van der Waals surface area contributed by atoms with Gasteiger partial charge in [-0.05, 0) is 35.9 Å². The van der Waals surface area contributed by atoms with Crippen molar-refractivity contribution in [2.24, 2.45) is 5.73 Å². The van der Waals surface area contributed by atoms with E-state index in [0.717, 1.165) is 5.56 Å². The minimum Gasteiger partial charge on any atom is -0.380 e. The first kappa shape index (κ1) is 22.9. The molecule has 2 saturated heterocycles. The van der Waals surface area contributed by atoms with Crippen LogP contribution in [0.4, 0.5) is 17.1 Å². The lowest BCUT2D eigenvalue weighted by Crippen LogP contribution is -2.55. The molecule has 0 aromatic heterocycles. The fraction of sp³-hybridized carbons (Fsp3) is 0.348. The van der Waals surface area contributed by atoms with Crippen molar-refractivity contribution in [1.29, 1.82) is 0 Å². The van der Waals surface area contributed by atoms with Gasteiger partial charge in [-0.15, -0.1) is 0 Å². The fourth-order valence-corrected chi connectivity index (χ4v) is 3.79. The number of ether oxygens (including phenoxy) is 2. The standard InChI is InChI=1S/C23H26N4O6/c24-13-15-4-6-16(7-5-15)25-22(30)20(29)21-23(31)27(9-11-33-21)18-3-1-2-17(12-18)26-8-10-32-14-19(26)28/h1-7,12,20-21,29H,8-11,13-14,24H2,(H,25,30)/t20?,21-/m1/s1. The maximum Gasteiger partial charge on any atom is 0.259 e. The van der Waals surface area contributed by atoms with Crippen LogP contribution in [0.15, 0.2) is 48.5 Å². The maximum absolute atomic E-state index is 13.1. The first-order valence-electron chi connectivity index (χ1n) is 10.7. The van der Waals surface area contributed by atoms with Crippen LogP contribution in [0.25, 0.3) is 0 Å². The van der Waals surface area contributed by atoms with Gasteiger partial charge in [-0.2, -0.15) is 0 Å². The molecule has 3 amide bonds.